The second-order valence-corrected chi connectivity index (χ2v) is 7.12. The van der Waals surface area contributed by atoms with Crippen LogP contribution in [0.15, 0.2) is 4.90 Å². The fourth-order valence-corrected chi connectivity index (χ4v) is 3.39. The van der Waals surface area contributed by atoms with Gasteiger partial charge in [0.1, 0.15) is 10.0 Å². The Morgan fingerprint density at radius 3 is 2.35 bits per heavy atom. The van der Waals surface area contributed by atoms with Crippen LogP contribution in [0.3, 0.4) is 0 Å². The van der Waals surface area contributed by atoms with Crippen LogP contribution in [-0.4, -0.2) is 18.2 Å². The maximum absolute atomic E-state index is 11.4. The molecule has 17 heavy (non-hydrogen) atoms. The van der Waals surface area contributed by atoms with E-state index in [1.807, 2.05) is 6.92 Å². The van der Waals surface area contributed by atoms with Gasteiger partial charge in [-0.05, 0) is 18.8 Å². The quantitative estimate of drug-likeness (QED) is 0.785. The molecule has 4 nitrogen and oxygen atoms in total. The molecule has 0 aliphatic carbocycles. The number of hydrogen-bond donors (Lipinski definition) is 0. The van der Waals surface area contributed by atoms with Gasteiger partial charge in [0, 0.05) is 17.2 Å². The highest BCUT2D eigenvalue weighted by atomic mass is 35.7. The van der Waals surface area contributed by atoms with Gasteiger partial charge in [0.25, 0.3) is 9.05 Å². The van der Waals surface area contributed by atoms with Gasteiger partial charge in [-0.15, -0.1) is 0 Å². The lowest BCUT2D eigenvalue weighted by Gasteiger charge is -2.05. The summed E-state index contributed by atoms with van der Waals surface area (Å²) >= 11 is 6.01. The highest BCUT2D eigenvalue weighted by Gasteiger charge is 2.25. The van der Waals surface area contributed by atoms with Crippen LogP contribution in [0.5, 0.6) is 0 Å². The molecular weight excluding hydrogens is 283 g/mol. The predicted octanol–water partition coefficient (Wildman–Crippen LogP) is 3.07. The van der Waals surface area contributed by atoms with E-state index >= 15 is 0 Å². The average molecular weight is 299 g/mol. The standard InChI is InChI=1S/C10H16Cl2N2O2S/c1-4-8-9(17(12,15)16)10(11)14(13-8)6-5-7(2)3/h7H,4-6H2,1-3H3. The molecule has 1 heterocycles. The van der Waals surface area contributed by atoms with Crippen molar-refractivity contribution in [3.63, 3.8) is 0 Å². The Balaban J connectivity index is 3.15. The molecule has 0 N–H and O–H groups in total. The van der Waals surface area contributed by atoms with E-state index in [0.29, 0.717) is 24.6 Å². The van der Waals surface area contributed by atoms with Gasteiger partial charge in [0.15, 0.2) is 0 Å². The highest BCUT2D eigenvalue weighted by Crippen LogP contribution is 2.29. The molecule has 98 valence electrons. The van der Waals surface area contributed by atoms with Crippen molar-refractivity contribution in [1.29, 1.82) is 0 Å². The zero-order valence-electron chi connectivity index (χ0n) is 10.1. The van der Waals surface area contributed by atoms with Crippen molar-refractivity contribution in [2.24, 2.45) is 5.92 Å². The summed E-state index contributed by atoms with van der Waals surface area (Å²) in [6, 6.07) is 0. The minimum absolute atomic E-state index is 0.0490. The summed E-state index contributed by atoms with van der Waals surface area (Å²) < 4.78 is 24.3. The zero-order valence-corrected chi connectivity index (χ0v) is 12.4. The third kappa shape index (κ3) is 3.60. The minimum Gasteiger partial charge on any atom is -0.252 e. The molecule has 0 fully saturated rings. The molecule has 0 amide bonds. The Kier molecular flexibility index (Phi) is 4.86. The Hall–Kier alpha value is -0.260. The third-order valence-electron chi connectivity index (χ3n) is 2.41. The third-order valence-corrected chi connectivity index (χ3v) is 4.29. The Morgan fingerprint density at radius 2 is 2.00 bits per heavy atom. The van der Waals surface area contributed by atoms with Crippen LogP contribution < -0.4 is 0 Å². The topological polar surface area (TPSA) is 52.0 Å². The maximum atomic E-state index is 11.4. The van der Waals surface area contributed by atoms with E-state index in [4.69, 9.17) is 22.3 Å². The molecule has 0 bridgehead atoms. The van der Waals surface area contributed by atoms with Gasteiger partial charge in [-0.25, -0.2) is 8.42 Å². The molecule has 0 saturated carbocycles. The zero-order chi connectivity index (χ0) is 13.2. The van der Waals surface area contributed by atoms with Crippen molar-refractivity contribution in [3.05, 3.63) is 10.8 Å². The van der Waals surface area contributed by atoms with E-state index in [9.17, 15) is 8.42 Å². The monoisotopic (exact) mass is 298 g/mol. The molecule has 0 aromatic carbocycles. The van der Waals surface area contributed by atoms with Crippen LogP contribution in [0, 0.1) is 5.92 Å². The maximum Gasteiger partial charge on any atom is 0.266 e. The molecular formula is C10H16Cl2N2O2S. The molecule has 0 radical (unpaired) electrons. The summed E-state index contributed by atoms with van der Waals surface area (Å²) in [5.41, 5.74) is 0.425. The molecule has 0 atom stereocenters. The fourth-order valence-electron chi connectivity index (χ4n) is 1.47. The SMILES string of the molecule is CCc1nn(CCC(C)C)c(Cl)c1S(=O)(=O)Cl. The summed E-state index contributed by atoms with van der Waals surface area (Å²) in [5, 5.41) is 4.30. The van der Waals surface area contributed by atoms with Crippen LogP contribution in [0.25, 0.3) is 0 Å². The number of rotatable bonds is 5. The van der Waals surface area contributed by atoms with Crippen LogP contribution in [0.1, 0.15) is 32.9 Å². The smallest absolute Gasteiger partial charge is 0.252 e. The number of aromatic nitrogens is 2. The second-order valence-electron chi connectivity index (χ2n) is 4.26. The Morgan fingerprint density at radius 1 is 1.41 bits per heavy atom. The first-order valence-electron chi connectivity index (χ1n) is 5.47. The number of aryl methyl sites for hydroxylation is 2. The van der Waals surface area contributed by atoms with Crippen molar-refractivity contribution < 1.29 is 8.42 Å². The van der Waals surface area contributed by atoms with Gasteiger partial charge in [-0.2, -0.15) is 5.10 Å². The van der Waals surface area contributed by atoms with Gasteiger partial charge in [-0.3, -0.25) is 4.68 Å². The minimum atomic E-state index is -3.84. The Bertz CT molecular complexity index is 495. The first-order chi connectivity index (χ1) is 7.77. The first-order valence-corrected chi connectivity index (χ1v) is 8.16. The molecule has 0 saturated heterocycles. The number of nitrogens with zero attached hydrogens (tertiary/aromatic N) is 2. The summed E-state index contributed by atoms with van der Waals surface area (Å²) in [4.78, 5) is -0.0490. The van der Waals surface area contributed by atoms with E-state index in [1.165, 1.54) is 4.68 Å². The lowest BCUT2D eigenvalue weighted by atomic mass is 10.1. The van der Waals surface area contributed by atoms with Gasteiger partial charge in [0.05, 0.1) is 5.69 Å². The molecule has 7 heteroatoms. The molecule has 0 aliphatic rings. The Labute approximate surface area is 111 Å². The molecule has 1 aromatic heterocycles. The van der Waals surface area contributed by atoms with Gasteiger partial charge >= 0.3 is 0 Å². The summed E-state index contributed by atoms with van der Waals surface area (Å²) in [5.74, 6) is 0.497. The summed E-state index contributed by atoms with van der Waals surface area (Å²) in [7, 11) is 1.52. The predicted molar refractivity (Wildman–Crippen MR) is 69.1 cm³/mol. The van der Waals surface area contributed by atoms with Crippen LogP contribution in [-0.2, 0) is 22.0 Å². The molecule has 0 unspecified atom stereocenters. The van der Waals surface area contributed by atoms with Crippen molar-refractivity contribution in [1.82, 2.24) is 9.78 Å². The van der Waals surface area contributed by atoms with Crippen LogP contribution >= 0.6 is 22.3 Å². The van der Waals surface area contributed by atoms with Crippen LogP contribution in [0.4, 0.5) is 0 Å². The van der Waals surface area contributed by atoms with Crippen molar-refractivity contribution in [2.75, 3.05) is 0 Å². The normalized spacial score (nSPS) is 12.4. The number of halogens is 2. The number of hydrogen-bond acceptors (Lipinski definition) is 3. The van der Waals surface area contributed by atoms with E-state index < -0.39 is 9.05 Å². The summed E-state index contributed by atoms with van der Waals surface area (Å²) in [6.07, 6.45) is 1.36. The fraction of sp³-hybridized carbons (Fsp3) is 0.700. The average Bonchev–Trinajstić information content (AvgIpc) is 2.51. The molecule has 0 spiro atoms. The van der Waals surface area contributed by atoms with Gasteiger partial charge in [-0.1, -0.05) is 32.4 Å². The van der Waals surface area contributed by atoms with Crippen molar-refractivity contribution in [2.45, 2.75) is 45.1 Å². The molecule has 0 aliphatic heterocycles. The first kappa shape index (κ1) is 14.8. The van der Waals surface area contributed by atoms with Crippen molar-refractivity contribution >= 4 is 31.3 Å². The van der Waals surface area contributed by atoms with E-state index in [0.717, 1.165) is 6.42 Å². The molecule has 1 aromatic rings. The lowest BCUT2D eigenvalue weighted by Crippen LogP contribution is -2.04. The van der Waals surface area contributed by atoms with Gasteiger partial charge < -0.3 is 0 Å². The highest BCUT2D eigenvalue weighted by molar-refractivity contribution is 8.13. The van der Waals surface area contributed by atoms with Gasteiger partial charge in [0.2, 0.25) is 0 Å². The van der Waals surface area contributed by atoms with Crippen molar-refractivity contribution in [3.8, 4) is 0 Å². The van der Waals surface area contributed by atoms with E-state index in [2.05, 4.69) is 18.9 Å². The largest absolute Gasteiger partial charge is 0.266 e. The lowest BCUT2D eigenvalue weighted by molar-refractivity contribution is 0.485. The summed E-state index contributed by atoms with van der Waals surface area (Å²) in [6.45, 7) is 6.57. The van der Waals surface area contributed by atoms with E-state index in [1.54, 1.807) is 0 Å². The van der Waals surface area contributed by atoms with Crippen LogP contribution in [0.2, 0.25) is 5.15 Å². The van der Waals surface area contributed by atoms with E-state index in [-0.39, 0.29) is 10.0 Å². The molecule has 1 rings (SSSR count). The second kappa shape index (κ2) is 5.59.